The molecule has 622 valence electrons. The highest BCUT2D eigenvalue weighted by Gasteiger charge is 2.29. The predicted molar refractivity (Wildman–Crippen MR) is 445 cm³/mol. The number of aliphatic hydroxyl groups excluding tert-OH is 2. The van der Waals surface area contributed by atoms with Gasteiger partial charge in [-0.3, -0.25) is 32.5 Å². The number of ether oxygens (including phenoxy) is 3. The molecule has 0 rings (SSSR count). The van der Waals surface area contributed by atoms with Crippen LogP contribution in [0.3, 0.4) is 0 Å². The van der Waals surface area contributed by atoms with Gasteiger partial charge in [-0.2, -0.15) is 0 Å². The Morgan fingerprint density at radius 1 is 0.262 bits per heavy atom. The lowest BCUT2D eigenvalue weighted by molar-refractivity contribution is -0.161. The summed E-state index contributed by atoms with van der Waals surface area (Å²) in [4.78, 5) is 58.7. The first kappa shape index (κ1) is 103. The number of phosphoric ester groups is 2. The molecule has 0 bridgehead atoms. The van der Waals surface area contributed by atoms with Crippen molar-refractivity contribution in [2.45, 2.75) is 411 Å². The summed E-state index contributed by atoms with van der Waals surface area (Å²) in [5, 5.41) is 20.7. The first-order chi connectivity index (χ1) is 52.2. The maximum atomic E-state index is 12.9. The van der Waals surface area contributed by atoms with Crippen LogP contribution in [0, 0.1) is 0 Å². The summed E-state index contributed by atoms with van der Waals surface area (Å²) in [6.45, 7) is 2.66. The molecule has 0 amide bonds. The van der Waals surface area contributed by atoms with Gasteiger partial charge in [-0.15, -0.1) is 0 Å². The Balaban J connectivity index is 4.32. The molecule has 0 aromatic carbocycles. The van der Waals surface area contributed by atoms with Gasteiger partial charge in [-0.1, -0.05) is 362 Å². The topological polar surface area (TPSA) is 231 Å². The van der Waals surface area contributed by atoms with Crippen LogP contribution in [0.15, 0.2) is 97.2 Å². The number of esters is 3. The largest absolute Gasteiger partial charge is 0.472 e. The van der Waals surface area contributed by atoms with Crippen molar-refractivity contribution in [3.63, 3.8) is 0 Å². The zero-order chi connectivity index (χ0) is 78.0. The fraction of sp³-hybridized carbons (Fsp3) is 0.787. The molecule has 5 atom stereocenters. The van der Waals surface area contributed by atoms with Crippen molar-refractivity contribution in [2.75, 3.05) is 39.6 Å². The van der Waals surface area contributed by atoms with Crippen molar-refractivity contribution in [1.82, 2.24) is 0 Å². The third-order valence-electron chi connectivity index (χ3n) is 18.8. The van der Waals surface area contributed by atoms with Crippen LogP contribution in [-0.4, -0.2) is 95.9 Å². The van der Waals surface area contributed by atoms with E-state index in [-0.39, 0.29) is 19.3 Å². The molecule has 0 aromatic heterocycles. The SMILES string of the molecule is CCCCC/C=C\C/C=C\C/C=C\C/C=C\CCCCCCCCCCCCCCCCCCCCCC(=O)OCC(O)COP(=O)(O)OCC(O)COP(=O)(O)OCC(COC(=O)CCCCCCCCCCC/C=C\C/C=C\C/C=C\C/C=C\CCCCC)OC(=O)CCCCCCCCCCCCC. The molecule has 0 saturated heterocycles. The van der Waals surface area contributed by atoms with E-state index in [4.69, 9.17) is 32.3 Å². The van der Waals surface area contributed by atoms with Crippen LogP contribution in [0.1, 0.15) is 393 Å². The smallest absolute Gasteiger partial charge is 0.463 e. The highest BCUT2D eigenvalue weighted by molar-refractivity contribution is 7.47. The second-order valence-corrected chi connectivity index (χ2v) is 32.3. The highest BCUT2D eigenvalue weighted by Crippen LogP contribution is 2.45. The summed E-state index contributed by atoms with van der Waals surface area (Å²) < 4.78 is 61.2. The van der Waals surface area contributed by atoms with Gasteiger partial charge in [0.05, 0.1) is 26.4 Å². The zero-order valence-corrected chi connectivity index (χ0v) is 70.1. The molecule has 0 heterocycles. The average Bonchev–Trinajstić information content (AvgIpc) is 0.903. The van der Waals surface area contributed by atoms with Crippen molar-refractivity contribution in [2.24, 2.45) is 0 Å². The van der Waals surface area contributed by atoms with Crippen molar-refractivity contribution in [1.29, 1.82) is 0 Å². The van der Waals surface area contributed by atoms with Crippen LogP contribution >= 0.6 is 15.6 Å². The van der Waals surface area contributed by atoms with Gasteiger partial charge >= 0.3 is 33.6 Å². The molecule has 0 aliphatic rings. The third kappa shape index (κ3) is 83.2. The van der Waals surface area contributed by atoms with Crippen LogP contribution in [0.5, 0.6) is 0 Å². The Morgan fingerprint density at radius 2 is 0.467 bits per heavy atom. The molecule has 18 heteroatoms. The number of carbonyl (C=O) groups excluding carboxylic acids is 3. The van der Waals surface area contributed by atoms with Crippen molar-refractivity contribution < 1.29 is 75.8 Å². The lowest BCUT2D eigenvalue weighted by atomic mass is 10.0. The molecule has 0 aliphatic carbocycles. The van der Waals surface area contributed by atoms with Crippen molar-refractivity contribution in [3.8, 4) is 0 Å². The number of carbonyl (C=O) groups is 3. The maximum Gasteiger partial charge on any atom is 0.472 e. The number of phosphoric acid groups is 2. The summed E-state index contributed by atoms with van der Waals surface area (Å²) in [6, 6.07) is 0. The van der Waals surface area contributed by atoms with E-state index >= 15 is 0 Å². The van der Waals surface area contributed by atoms with Gasteiger partial charge in [-0.25, -0.2) is 9.13 Å². The molecule has 0 radical (unpaired) electrons. The molecule has 0 fully saturated rings. The Kier molecular flexibility index (Phi) is 79.2. The minimum Gasteiger partial charge on any atom is -0.463 e. The second kappa shape index (κ2) is 81.9. The molecule has 107 heavy (non-hydrogen) atoms. The summed E-state index contributed by atoms with van der Waals surface area (Å²) in [7, 11) is -9.78. The van der Waals surface area contributed by atoms with E-state index in [1.54, 1.807) is 0 Å². The van der Waals surface area contributed by atoms with Crippen molar-refractivity contribution >= 4 is 33.6 Å². The second-order valence-electron chi connectivity index (χ2n) is 29.3. The lowest BCUT2D eigenvalue weighted by Gasteiger charge is -2.21. The molecule has 0 aliphatic heterocycles. The van der Waals surface area contributed by atoms with Gasteiger partial charge in [0.1, 0.15) is 25.4 Å². The van der Waals surface area contributed by atoms with E-state index in [1.165, 1.54) is 218 Å². The summed E-state index contributed by atoms with van der Waals surface area (Å²) >= 11 is 0. The van der Waals surface area contributed by atoms with Gasteiger partial charge in [0.2, 0.25) is 0 Å². The van der Waals surface area contributed by atoms with Gasteiger partial charge in [0, 0.05) is 19.3 Å². The predicted octanol–water partition coefficient (Wildman–Crippen LogP) is 26.1. The van der Waals surface area contributed by atoms with E-state index in [0.717, 1.165) is 116 Å². The van der Waals surface area contributed by atoms with Gasteiger partial charge in [-0.05, 0) is 109 Å². The van der Waals surface area contributed by atoms with E-state index in [9.17, 15) is 43.5 Å². The number of hydrogen-bond acceptors (Lipinski definition) is 14. The number of rotatable bonds is 83. The number of unbranched alkanes of at least 4 members (excludes halogenated alkanes) is 44. The highest BCUT2D eigenvalue weighted by atomic mass is 31.2. The normalized spacial score (nSPS) is 14.3. The Bertz CT molecular complexity index is 2330. The Hall–Kier alpha value is -3.53. The molecular formula is C89H160O16P2. The number of allylic oxidation sites excluding steroid dienone is 16. The van der Waals surface area contributed by atoms with E-state index in [1.807, 2.05) is 0 Å². The zero-order valence-electron chi connectivity index (χ0n) is 68.3. The van der Waals surface area contributed by atoms with Crippen LogP contribution in [-0.2, 0) is 55.8 Å². The lowest BCUT2D eigenvalue weighted by Crippen LogP contribution is -2.30. The number of aliphatic hydroxyl groups is 2. The fourth-order valence-corrected chi connectivity index (χ4v) is 13.7. The molecule has 0 aromatic rings. The molecular weight excluding hydrogens is 1390 g/mol. The minimum absolute atomic E-state index is 0.107. The summed E-state index contributed by atoms with van der Waals surface area (Å²) in [5.74, 6) is -1.56. The van der Waals surface area contributed by atoms with Crippen LogP contribution in [0.2, 0.25) is 0 Å². The van der Waals surface area contributed by atoms with Crippen LogP contribution < -0.4 is 0 Å². The fourth-order valence-electron chi connectivity index (χ4n) is 12.1. The first-order valence-corrected chi connectivity index (χ1v) is 46.5. The van der Waals surface area contributed by atoms with Gasteiger partial charge in [0.15, 0.2) is 6.10 Å². The van der Waals surface area contributed by atoms with Gasteiger partial charge in [0.25, 0.3) is 0 Å². The molecule has 0 spiro atoms. The maximum absolute atomic E-state index is 12.9. The molecule has 5 unspecified atom stereocenters. The van der Waals surface area contributed by atoms with Crippen molar-refractivity contribution in [3.05, 3.63) is 97.2 Å². The quantitative estimate of drug-likeness (QED) is 0.0146. The van der Waals surface area contributed by atoms with Gasteiger partial charge < -0.3 is 34.2 Å². The molecule has 16 nitrogen and oxygen atoms in total. The monoisotopic (exact) mass is 1550 g/mol. The summed E-state index contributed by atoms with van der Waals surface area (Å²) in [5.41, 5.74) is 0. The molecule has 4 N–H and O–H groups in total. The minimum atomic E-state index is -4.93. The Labute approximate surface area is 654 Å². The third-order valence-corrected chi connectivity index (χ3v) is 20.7. The van der Waals surface area contributed by atoms with E-state index < -0.39 is 91.5 Å². The average molecular weight is 1550 g/mol. The van der Waals surface area contributed by atoms with E-state index in [2.05, 4.69) is 118 Å². The van der Waals surface area contributed by atoms with Crippen LogP contribution in [0.4, 0.5) is 0 Å². The Morgan fingerprint density at radius 3 is 0.757 bits per heavy atom. The molecule has 0 saturated carbocycles. The standard InChI is InChI=1S/C89H160O16P2/c1-4-7-10-13-16-19-22-24-26-28-30-32-34-36-37-38-39-40-41-42-43-44-45-47-49-50-52-54-56-58-61-63-66-69-72-75-87(92)99-78-84(90)79-101-106(95,96)102-80-85(91)81-103-107(97,98)104-83-86(105-89(94)77-74-71-68-65-60-21-18-15-12-9-6-3)82-100-88(93)76-73-70-67-64-62-59-57-55-53-51-48-46-35-33-31-29-27-25-23-20-17-14-11-8-5-2/h16-17,19-20,24-27,30-33,36-37,46,48,84-86,90-91H,4-15,18,21-23,28-29,34-35,38-45,47,49-83H2,1-3H3,(H,95,96)(H,97,98)/b19-16-,20-17-,26-24-,27-25-,32-30-,33-31-,37-36-,48-46-. The van der Waals surface area contributed by atoms with Crippen LogP contribution in [0.25, 0.3) is 0 Å². The van der Waals surface area contributed by atoms with E-state index in [0.29, 0.717) is 19.3 Å². The number of hydrogen-bond donors (Lipinski definition) is 4. The first-order valence-electron chi connectivity index (χ1n) is 43.5. The summed E-state index contributed by atoms with van der Waals surface area (Å²) in [6.07, 6.45) is 96.3.